The Labute approximate surface area is 194 Å². The number of hydrogen-bond acceptors (Lipinski definition) is 3. The Morgan fingerprint density at radius 1 is 0.969 bits per heavy atom. The molecule has 0 saturated heterocycles. The number of carbonyl (C=O) groups is 1. The predicted octanol–water partition coefficient (Wildman–Crippen LogP) is 6.30. The van der Waals surface area contributed by atoms with Crippen molar-refractivity contribution in [2.24, 2.45) is 0 Å². The predicted molar refractivity (Wildman–Crippen MR) is 131 cm³/mol. The largest absolute Gasteiger partial charge is 0.378 e. The summed E-state index contributed by atoms with van der Waals surface area (Å²) in [6, 6.07) is 5.95. The highest BCUT2D eigenvalue weighted by atomic mass is 19.1. The van der Waals surface area contributed by atoms with E-state index in [4.69, 9.17) is 4.74 Å². The Bertz CT molecular complexity index is 632. The van der Waals surface area contributed by atoms with Gasteiger partial charge in [0.25, 0.3) is 0 Å². The molecule has 0 spiro atoms. The van der Waals surface area contributed by atoms with Crippen LogP contribution >= 0.6 is 0 Å². The molecule has 0 unspecified atom stereocenters. The quantitative estimate of drug-likeness (QED) is 0.339. The van der Waals surface area contributed by atoms with E-state index in [1.807, 2.05) is 7.05 Å². The van der Waals surface area contributed by atoms with Crippen LogP contribution in [0.25, 0.3) is 0 Å². The number of rotatable bonds is 14. The van der Waals surface area contributed by atoms with Gasteiger partial charge in [0.2, 0.25) is 0 Å². The molecule has 1 aromatic carbocycles. The molecular formula is C26H44FN3O2. The van der Waals surface area contributed by atoms with Gasteiger partial charge in [-0.05, 0) is 89.3 Å². The Hall–Kier alpha value is -1.66. The van der Waals surface area contributed by atoms with Crippen LogP contribution < -0.4 is 5.32 Å². The molecule has 1 saturated carbocycles. The molecule has 182 valence electrons. The minimum absolute atomic E-state index is 0.142. The first kappa shape index (κ1) is 26.6. The van der Waals surface area contributed by atoms with E-state index in [1.54, 1.807) is 17.0 Å². The molecule has 6 heteroatoms. The lowest BCUT2D eigenvalue weighted by Crippen LogP contribution is -2.42. The lowest BCUT2D eigenvalue weighted by atomic mass is 9.92. The molecule has 2 amide bonds. The molecule has 0 aromatic heterocycles. The zero-order valence-electron chi connectivity index (χ0n) is 20.5. The number of ether oxygens (including phenoxy) is 1. The number of unbranched alkanes of at least 4 members (excludes halogenated alkanes) is 5. The van der Waals surface area contributed by atoms with E-state index in [0.717, 1.165) is 38.7 Å². The van der Waals surface area contributed by atoms with Crippen LogP contribution in [0.1, 0.15) is 77.6 Å². The van der Waals surface area contributed by atoms with Crippen LogP contribution in [-0.4, -0.2) is 61.8 Å². The first-order valence-corrected chi connectivity index (χ1v) is 12.6. The number of halogens is 1. The van der Waals surface area contributed by atoms with E-state index in [1.165, 1.54) is 63.7 Å². The van der Waals surface area contributed by atoms with Crippen molar-refractivity contribution in [2.45, 2.75) is 89.7 Å². The second-order valence-corrected chi connectivity index (χ2v) is 9.27. The SMILES string of the molecule is CCCCCN(C)CCCCCCO[C@H]1CC[C@H](N(C)C(=O)Nc2ccc(F)cc2)CC1. The van der Waals surface area contributed by atoms with Gasteiger partial charge in [-0.2, -0.15) is 0 Å². The molecule has 1 aliphatic carbocycles. The molecular weight excluding hydrogens is 405 g/mol. The van der Waals surface area contributed by atoms with Gasteiger partial charge in [-0.25, -0.2) is 9.18 Å². The highest BCUT2D eigenvalue weighted by Crippen LogP contribution is 2.25. The molecule has 1 fully saturated rings. The first-order chi connectivity index (χ1) is 15.5. The van der Waals surface area contributed by atoms with Crippen LogP contribution in [0, 0.1) is 5.82 Å². The third-order valence-corrected chi connectivity index (χ3v) is 6.54. The van der Waals surface area contributed by atoms with Crippen LogP contribution in [0.5, 0.6) is 0 Å². The van der Waals surface area contributed by atoms with Crippen LogP contribution in [-0.2, 0) is 4.74 Å². The standard InChI is InChI=1S/C26H44FN3O2/c1-4-5-8-19-29(2)20-9-6-7-10-21-32-25-17-15-24(16-18-25)30(3)26(31)28-23-13-11-22(27)12-14-23/h11-14,24-25H,4-10,15-21H2,1-3H3,(H,28,31)/t24-,25-. The number of nitrogens with one attached hydrogen (secondary N) is 1. The fraction of sp³-hybridized carbons (Fsp3) is 0.731. The van der Waals surface area contributed by atoms with E-state index in [9.17, 15) is 9.18 Å². The average molecular weight is 450 g/mol. The minimum atomic E-state index is -0.305. The second kappa shape index (κ2) is 15.2. The van der Waals surface area contributed by atoms with Crippen LogP contribution in [0.4, 0.5) is 14.9 Å². The fourth-order valence-electron chi connectivity index (χ4n) is 4.34. The van der Waals surface area contributed by atoms with Crippen molar-refractivity contribution in [3.8, 4) is 0 Å². The maximum Gasteiger partial charge on any atom is 0.321 e. The Morgan fingerprint density at radius 3 is 2.25 bits per heavy atom. The zero-order valence-corrected chi connectivity index (χ0v) is 20.5. The first-order valence-electron chi connectivity index (χ1n) is 12.6. The highest BCUT2D eigenvalue weighted by Gasteiger charge is 2.27. The summed E-state index contributed by atoms with van der Waals surface area (Å²) < 4.78 is 19.1. The topological polar surface area (TPSA) is 44.8 Å². The van der Waals surface area contributed by atoms with Crippen molar-refractivity contribution in [1.29, 1.82) is 0 Å². The van der Waals surface area contributed by atoms with Gasteiger partial charge in [0.15, 0.2) is 0 Å². The smallest absolute Gasteiger partial charge is 0.321 e. The van der Waals surface area contributed by atoms with Crippen molar-refractivity contribution >= 4 is 11.7 Å². The average Bonchev–Trinajstić information content (AvgIpc) is 2.80. The Balaban J connectivity index is 1.50. The summed E-state index contributed by atoms with van der Waals surface area (Å²) in [5.74, 6) is -0.305. The zero-order chi connectivity index (χ0) is 23.2. The molecule has 1 aliphatic rings. The van der Waals surface area contributed by atoms with Crippen molar-refractivity contribution in [3.05, 3.63) is 30.1 Å². The number of hydrogen-bond donors (Lipinski definition) is 1. The van der Waals surface area contributed by atoms with Gasteiger partial charge in [-0.3, -0.25) is 0 Å². The van der Waals surface area contributed by atoms with E-state index in [2.05, 4.69) is 24.2 Å². The lowest BCUT2D eigenvalue weighted by molar-refractivity contribution is 0.0130. The van der Waals surface area contributed by atoms with Gasteiger partial charge in [0.1, 0.15) is 5.82 Å². The number of amides is 2. The van der Waals surface area contributed by atoms with Crippen LogP contribution in [0.3, 0.4) is 0 Å². The monoisotopic (exact) mass is 449 g/mol. The number of anilines is 1. The van der Waals surface area contributed by atoms with Crippen LogP contribution in [0.2, 0.25) is 0 Å². The summed E-state index contributed by atoms with van der Waals surface area (Å²) in [5.41, 5.74) is 0.614. The molecule has 32 heavy (non-hydrogen) atoms. The van der Waals surface area contributed by atoms with Gasteiger partial charge >= 0.3 is 6.03 Å². The maximum atomic E-state index is 13.0. The number of urea groups is 1. The van der Waals surface area contributed by atoms with Gasteiger partial charge in [0.05, 0.1) is 6.10 Å². The third kappa shape index (κ3) is 10.3. The molecule has 0 radical (unpaired) electrons. The Morgan fingerprint density at radius 2 is 1.59 bits per heavy atom. The van der Waals surface area contributed by atoms with Gasteiger partial charge in [-0.15, -0.1) is 0 Å². The molecule has 2 rings (SSSR count). The maximum absolute atomic E-state index is 13.0. The summed E-state index contributed by atoms with van der Waals surface area (Å²) >= 11 is 0. The molecule has 0 atom stereocenters. The lowest BCUT2D eigenvalue weighted by Gasteiger charge is -2.34. The summed E-state index contributed by atoms with van der Waals surface area (Å²) in [6.07, 6.45) is 13.1. The fourth-order valence-corrected chi connectivity index (χ4v) is 4.34. The summed E-state index contributed by atoms with van der Waals surface area (Å²) in [6.45, 7) is 5.53. The van der Waals surface area contributed by atoms with Crippen molar-refractivity contribution in [2.75, 3.05) is 39.1 Å². The molecule has 0 aliphatic heterocycles. The van der Waals surface area contributed by atoms with Gasteiger partial charge in [0, 0.05) is 25.4 Å². The number of benzene rings is 1. The van der Waals surface area contributed by atoms with Gasteiger partial charge in [-0.1, -0.05) is 32.6 Å². The molecule has 1 N–H and O–H groups in total. The number of nitrogens with zero attached hydrogens (tertiary/aromatic N) is 2. The van der Waals surface area contributed by atoms with Crippen molar-refractivity contribution in [3.63, 3.8) is 0 Å². The van der Waals surface area contributed by atoms with Crippen molar-refractivity contribution < 1.29 is 13.9 Å². The van der Waals surface area contributed by atoms with E-state index >= 15 is 0 Å². The highest BCUT2D eigenvalue weighted by molar-refractivity contribution is 5.89. The summed E-state index contributed by atoms with van der Waals surface area (Å²) in [5, 5.41) is 2.84. The molecule has 0 bridgehead atoms. The molecule has 0 heterocycles. The normalized spacial score (nSPS) is 18.7. The van der Waals surface area contributed by atoms with Crippen LogP contribution in [0.15, 0.2) is 24.3 Å². The second-order valence-electron chi connectivity index (χ2n) is 9.27. The Kier molecular flexibility index (Phi) is 12.7. The third-order valence-electron chi connectivity index (χ3n) is 6.54. The van der Waals surface area contributed by atoms with E-state index in [0.29, 0.717) is 11.8 Å². The van der Waals surface area contributed by atoms with E-state index in [-0.39, 0.29) is 17.9 Å². The summed E-state index contributed by atoms with van der Waals surface area (Å²) in [7, 11) is 4.07. The molecule has 5 nitrogen and oxygen atoms in total. The van der Waals surface area contributed by atoms with Crippen molar-refractivity contribution in [1.82, 2.24) is 9.80 Å². The minimum Gasteiger partial charge on any atom is -0.378 e. The summed E-state index contributed by atoms with van der Waals surface area (Å²) in [4.78, 5) is 16.7. The molecule has 1 aromatic rings. The van der Waals surface area contributed by atoms with Gasteiger partial charge < -0.3 is 19.9 Å². The number of carbonyl (C=O) groups excluding carboxylic acids is 1. The van der Waals surface area contributed by atoms with E-state index < -0.39 is 0 Å².